The Balaban J connectivity index is 1.72. The van der Waals surface area contributed by atoms with Crippen LogP contribution in [-0.2, 0) is 51.2 Å². The summed E-state index contributed by atoms with van der Waals surface area (Å²) in [6.07, 6.45) is 3.47. The molecule has 0 fully saturated rings. The summed E-state index contributed by atoms with van der Waals surface area (Å²) < 4.78 is 0. The van der Waals surface area contributed by atoms with E-state index in [1.807, 2.05) is 54.6 Å². The number of aryl methyl sites for hydroxylation is 1. The lowest BCUT2D eigenvalue weighted by molar-refractivity contribution is -0.142. The van der Waals surface area contributed by atoms with E-state index in [0.29, 0.717) is 24.3 Å². The van der Waals surface area contributed by atoms with E-state index >= 15 is 0 Å². The van der Waals surface area contributed by atoms with Crippen molar-refractivity contribution >= 4 is 53.1 Å². The predicted octanol–water partition coefficient (Wildman–Crippen LogP) is 1.60. The van der Waals surface area contributed by atoms with Crippen molar-refractivity contribution in [2.45, 2.75) is 102 Å². The minimum absolute atomic E-state index is 0.0275. The first-order valence-electron chi connectivity index (χ1n) is 22.6. The molecule has 0 radical (unpaired) electrons. The van der Waals surface area contributed by atoms with Gasteiger partial charge in [-0.1, -0.05) is 73.2 Å². The molecule has 0 aromatic heterocycles. The lowest BCUT2D eigenvalue weighted by Gasteiger charge is -2.24. The van der Waals surface area contributed by atoms with Crippen molar-refractivity contribution < 1.29 is 48.6 Å². The zero-order valence-corrected chi connectivity index (χ0v) is 38.4. The normalized spacial score (nSPS) is 12.6. The fourth-order valence-corrected chi connectivity index (χ4v) is 6.94. The number of hydrogen-bond acceptors (Lipinski definition) is 11. The van der Waals surface area contributed by atoms with E-state index < -0.39 is 53.7 Å². The number of carbonyl (C=O) groups is 8. The molecule has 3 aromatic carbocycles. The van der Waals surface area contributed by atoms with Crippen molar-refractivity contribution in [3.8, 4) is 11.1 Å². The number of amides is 6. The number of anilines is 1. The number of unbranched alkanes of at least 4 members (excludes halogenated alkanes) is 1. The van der Waals surface area contributed by atoms with Crippen LogP contribution >= 0.6 is 0 Å². The van der Waals surface area contributed by atoms with Crippen molar-refractivity contribution in [1.82, 2.24) is 37.2 Å². The summed E-state index contributed by atoms with van der Waals surface area (Å²) in [4.78, 5) is 98.0. The molecule has 6 amide bonds. The lowest BCUT2D eigenvalue weighted by atomic mass is 9.99. The summed E-state index contributed by atoms with van der Waals surface area (Å²) in [5.41, 5.74) is 10.8. The standard InChI is InChI=1S/C48H67N9O10/c1-32(58)54-31-44(61)52-28-27-51-40(23-25-50-30-38(49)12-7-6-11-34-9-4-3-5-10-34)47(65)57-42(46(64)53-26-24-41(48(66)67)56-43(60)13-8-14-45(62)63)29-35-15-17-36(18-16-35)37-19-21-39(22-20-37)55-33(2)59/h3-5,9-10,15-22,38,40-42,50-51H,6-8,11-14,23-31,49H2,1-2H3,(H,52,61)(H,53,64)(H,54,58)(H,55,59)(H,56,60)(H,57,65)(H,62,63)(H,66,67)/t38-,40-,41+,42+/m0/s1. The molecule has 4 atom stereocenters. The van der Waals surface area contributed by atoms with Crippen LogP contribution in [-0.4, -0.2) is 121 Å². The van der Waals surface area contributed by atoms with Gasteiger partial charge in [-0.15, -0.1) is 0 Å². The second kappa shape index (κ2) is 30.5. The number of carboxylic acids is 2. The molecule has 67 heavy (non-hydrogen) atoms. The fourth-order valence-electron chi connectivity index (χ4n) is 6.94. The van der Waals surface area contributed by atoms with E-state index in [-0.39, 0.29) is 82.6 Å². The maximum atomic E-state index is 14.1. The number of carbonyl (C=O) groups excluding carboxylic acids is 6. The van der Waals surface area contributed by atoms with Gasteiger partial charge >= 0.3 is 11.9 Å². The number of hydrogen-bond donors (Lipinski definition) is 11. The third-order valence-corrected chi connectivity index (χ3v) is 10.5. The number of rotatable bonds is 32. The molecule has 0 saturated heterocycles. The molecule has 0 aliphatic rings. The Morgan fingerprint density at radius 2 is 1.25 bits per heavy atom. The highest BCUT2D eigenvalue weighted by Crippen LogP contribution is 2.22. The Kier molecular flexibility index (Phi) is 24.9. The number of nitrogens with two attached hydrogens (primary N) is 1. The Morgan fingerprint density at radius 3 is 1.90 bits per heavy atom. The van der Waals surface area contributed by atoms with E-state index in [9.17, 15) is 43.5 Å². The molecule has 3 rings (SSSR count). The van der Waals surface area contributed by atoms with E-state index in [0.717, 1.165) is 36.8 Å². The Bertz CT molecular complexity index is 2050. The highest BCUT2D eigenvalue weighted by Gasteiger charge is 2.27. The zero-order valence-electron chi connectivity index (χ0n) is 38.4. The molecule has 0 aliphatic carbocycles. The summed E-state index contributed by atoms with van der Waals surface area (Å²) in [7, 11) is 0. The second-order valence-corrected chi connectivity index (χ2v) is 16.3. The Hall–Kier alpha value is -6.70. The van der Waals surface area contributed by atoms with Gasteiger partial charge in [-0.2, -0.15) is 0 Å². The average molecular weight is 930 g/mol. The summed E-state index contributed by atoms with van der Waals surface area (Å²) in [6, 6.07) is 21.4. The first kappa shape index (κ1) is 54.6. The van der Waals surface area contributed by atoms with Gasteiger partial charge in [0, 0.05) is 71.0 Å². The van der Waals surface area contributed by atoms with E-state index in [4.69, 9.17) is 10.8 Å². The van der Waals surface area contributed by atoms with Gasteiger partial charge in [0.15, 0.2) is 0 Å². The molecule has 19 heteroatoms. The first-order chi connectivity index (χ1) is 32.1. The molecular weight excluding hydrogens is 863 g/mol. The van der Waals surface area contributed by atoms with Gasteiger partial charge in [-0.3, -0.25) is 33.6 Å². The predicted molar refractivity (Wildman–Crippen MR) is 253 cm³/mol. The van der Waals surface area contributed by atoms with Gasteiger partial charge in [0.1, 0.15) is 12.1 Å². The molecule has 0 spiro atoms. The SMILES string of the molecule is CC(=O)NCC(=O)NCCN[C@@H](CCNC[C@@H](N)CCCCc1ccccc1)C(=O)N[C@H](Cc1ccc(-c2ccc(NC(C)=O)cc2)cc1)C(=O)NCC[C@@H](NC(=O)CCCC(=O)O)C(=O)O. The van der Waals surface area contributed by atoms with Crippen LogP contribution in [0.3, 0.4) is 0 Å². The second-order valence-electron chi connectivity index (χ2n) is 16.3. The van der Waals surface area contributed by atoms with Crippen molar-refractivity contribution in [2.75, 3.05) is 44.6 Å². The largest absolute Gasteiger partial charge is 0.481 e. The van der Waals surface area contributed by atoms with Gasteiger partial charge in [0.25, 0.3) is 0 Å². The monoisotopic (exact) mass is 930 g/mol. The van der Waals surface area contributed by atoms with Gasteiger partial charge in [-0.05, 0) is 79.5 Å². The van der Waals surface area contributed by atoms with Gasteiger partial charge in [0.05, 0.1) is 12.6 Å². The molecule has 3 aromatic rings. The molecule has 0 heterocycles. The van der Waals surface area contributed by atoms with Crippen LogP contribution in [0.25, 0.3) is 11.1 Å². The lowest BCUT2D eigenvalue weighted by Crippen LogP contribution is -2.55. The minimum atomic E-state index is -1.37. The number of aliphatic carboxylic acids is 2. The van der Waals surface area contributed by atoms with Crippen molar-refractivity contribution in [2.24, 2.45) is 5.73 Å². The van der Waals surface area contributed by atoms with Gasteiger partial charge in [-0.25, -0.2) is 4.79 Å². The third kappa shape index (κ3) is 23.4. The number of carboxylic acid groups (broad SMARTS) is 2. The summed E-state index contributed by atoms with van der Waals surface area (Å²) in [5.74, 6) is -5.14. The number of nitrogens with one attached hydrogen (secondary N) is 8. The quantitative estimate of drug-likeness (QED) is 0.0397. The summed E-state index contributed by atoms with van der Waals surface area (Å²) in [6.45, 7) is 3.55. The van der Waals surface area contributed by atoms with Crippen LogP contribution in [0, 0.1) is 0 Å². The smallest absolute Gasteiger partial charge is 0.326 e. The molecule has 0 unspecified atom stereocenters. The third-order valence-electron chi connectivity index (χ3n) is 10.5. The maximum Gasteiger partial charge on any atom is 0.326 e. The van der Waals surface area contributed by atoms with E-state index in [1.54, 1.807) is 12.1 Å². The average Bonchev–Trinajstić information content (AvgIpc) is 3.29. The molecule has 19 nitrogen and oxygen atoms in total. The van der Waals surface area contributed by atoms with E-state index in [1.165, 1.54) is 19.4 Å². The highest BCUT2D eigenvalue weighted by molar-refractivity contribution is 5.91. The molecule has 0 bridgehead atoms. The molecule has 12 N–H and O–H groups in total. The molecule has 0 aliphatic heterocycles. The maximum absolute atomic E-state index is 14.1. The van der Waals surface area contributed by atoms with Crippen LogP contribution in [0.2, 0.25) is 0 Å². The number of benzene rings is 3. The van der Waals surface area contributed by atoms with Crippen molar-refractivity contribution in [3.05, 3.63) is 90.0 Å². The van der Waals surface area contributed by atoms with Crippen LogP contribution < -0.4 is 48.3 Å². The molecule has 364 valence electrons. The van der Waals surface area contributed by atoms with Gasteiger partial charge < -0.3 is 58.5 Å². The van der Waals surface area contributed by atoms with Gasteiger partial charge in [0.2, 0.25) is 35.4 Å². The highest BCUT2D eigenvalue weighted by atomic mass is 16.4. The van der Waals surface area contributed by atoms with Crippen molar-refractivity contribution in [3.63, 3.8) is 0 Å². The Labute approximate surface area is 391 Å². The van der Waals surface area contributed by atoms with Crippen LogP contribution in [0.4, 0.5) is 5.69 Å². The zero-order chi connectivity index (χ0) is 49.0. The molecule has 0 saturated carbocycles. The van der Waals surface area contributed by atoms with Crippen LogP contribution in [0.15, 0.2) is 78.9 Å². The van der Waals surface area contributed by atoms with E-state index in [2.05, 4.69) is 54.7 Å². The Morgan fingerprint density at radius 1 is 0.582 bits per heavy atom. The summed E-state index contributed by atoms with van der Waals surface area (Å²) >= 11 is 0. The first-order valence-corrected chi connectivity index (χ1v) is 22.6. The minimum Gasteiger partial charge on any atom is -0.481 e. The fraction of sp³-hybridized carbons (Fsp3) is 0.458. The van der Waals surface area contributed by atoms with Crippen LogP contribution in [0.1, 0.15) is 76.3 Å². The molecular formula is C48H67N9O10. The van der Waals surface area contributed by atoms with Crippen molar-refractivity contribution in [1.29, 1.82) is 0 Å². The van der Waals surface area contributed by atoms with Crippen LogP contribution in [0.5, 0.6) is 0 Å². The summed E-state index contributed by atoms with van der Waals surface area (Å²) in [5, 5.41) is 40.9. The topological polar surface area (TPSA) is 299 Å².